The van der Waals surface area contributed by atoms with Crippen LogP contribution in [0.15, 0.2) is 23.1 Å². The topological polar surface area (TPSA) is 67.4 Å². The predicted octanol–water partition coefficient (Wildman–Crippen LogP) is 2.59. The third kappa shape index (κ3) is 4.46. The number of ether oxygens (including phenoxy) is 1. The van der Waals surface area contributed by atoms with Gasteiger partial charge in [0.25, 0.3) is 0 Å². The second-order valence-corrected chi connectivity index (χ2v) is 9.46. The van der Waals surface area contributed by atoms with Crippen molar-refractivity contribution in [3.63, 3.8) is 0 Å². The Morgan fingerprint density at radius 1 is 1.17 bits per heavy atom. The number of aryl methyl sites for hydroxylation is 1. The minimum atomic E-state index is -3.63. The highest BCUT2D eigenvalue weighted by Gasteiger charge is 2.39. The second-order valence-electron chi connectivity index (χ2n) is 7.77. The molecule has 1 aromatic rings. The summed E-state index contributed by atoms with van der Waals surface area (Å²) in [5.74, 6) is 0.371. The molecular formula is C17H28N2O3S. The van der Waals surface area contributed by atoms with Gasteiger partial charge in [-0.05, 0) is 65.2 Å². The van der Waals surface area contributed by atoms with E-state index in [1.807, 2.05) is 13.0 Å². The maximum absolute atomic E-state index is 12.8. The number of sulfonamides is 1. The van der Waals surface area contributed by atoms with E-state index in [1.54, 1.807) is 12.1 Å². The van der Waals surface area contributed by atoms with Gasteiger partial charge in [0.1, 0.15) is 10.6 Å². The maximum Gasteiger partial charge on any atom is 0.244 e. The zero-order chi connectivity index (χ0) is 17.5. The lowest BCUT2D eigenvalue weighted by Gasteiger charge is -2.46. The summed E-state index contributed by atoms with van der Waals surface area (Å²) in [6, 6.07) is 5.07. The molecule has 1 aromatic carbocycles. The molecule has 1 aliphatic heterocycles. The zero-order valence-corrected chi connectivity index (χ0v) is 15.7. The molecule has 0 radical (unpaired) electrons. The molecule has 0 amide bonds. The van der Waals surface area contributed by atoms with E-state index < -0.39 is 10.0 Å². The molecule has 0 unspecified atom stereocenters. The van der Waals surface area contributed by atoms with Gasteiger partial charge in [0, 0.05) is 17.1 Å². The molecule has 1 heterocycles. The standard InChI is InChI=1S/C17H28N2O3S/c1-12-7-8-14(22-6)15(9-12)23(20,21)18-13-10-16(2,3)19-17(4,5)11-13/h7-9,13,18-19H,10-11H2,1-6H3. The van der Waals surface area contributed by atoms with Crippen LogP contribution in [0.25, 0.3) is 0 Å². The first kappa shape index (κ1) is 18.2. The minimum Gasteiger partial charge on any atom is -0.495 e. The van der Waals surface area contributed by atoms with Crippen LogP contribution in [0.2, 0.25) is 0 Å². The van der Waals surface area contributed by atoms with E-state index >= 15 is 0 Å². The van der Waals surface area contributed by atoms with Crippen LogP contribution in [-0.2, 0) is 10.0 Å². The lowest BCUT2D eigenvalue weighted by atomic mass is 9.80. The van der Waals surface area contributed by atoms with Crippen molar-refractivity contribution in [1.29, 1.82) is 0 Å². The van der Waals surface area contributed by atoms with E-state index in [-0.39, 0.29) is 22.0 Å². The molecule has 0 atom stereocenters. The normalized spacial score (nSPS) is 21.1. The van der Waals surface area contributed by atoms with E-state index in [0.29, 0.717) is 5.75 Å². The largest absolute Gasteiger partial charge is 0.495 e. The van der Waals surface area contributed by atoms with Crippen LogP contribution in [0, 0.1) is 6.92 Å². The summed E-state index contributed by atoms with van der Waals surface area (Å²) in [5, 5.41) is 3.56. The van der Waals surface area contributed by atoms with E-state index in [2.05, 4.69) is 37.7 Å². The van der Waals surface area contributed by atoms with E-state index in [9.17, 15) is 8.42 Å². The number of hydrogen-bond acceptors (Lipinski definition) is 4. The number of piperidine rings is 1. The molecule has 1 aliphatic rings. The lowest BCUT2D eigenvalue weighted by Crippen LogP contribution is -2.62. The summed E-state index contributed by atoms with van der Waals surface area (Å²) in [4.78, 5) is 0.203. The molecule has 6 heteroatoms. The van der Waals surface area contributed by atoms with E-state index in [1.165, 1.54) is 7.11 Å². The summed E-state index contributed by atoms with van der Waals surface area (Å²) < 4.78 is 33.8. The molecule has 0 aromatic heterocycles. The molecule has 0 aliphatic carbocycles. The SMILES string of the molecule is COc1ccc(C)cc1S(=O)(=O)NC1CC(C)(C)NC(C)(C)C1. The van der Waals surface area contributed by atoms with Crippen molar-refractivity contribution >= 4 is 10.0 Å². The molecule has 0 bridgehead atoms. The van der Waals surface area contributed by atoms with Gasteiger partial charge in [-0.1, -0.05) is 6.07 Å². The Morgan fingerprint density at radius 3 is 2.26 bits per heavy atom. The highest BCUT2D eigenvalue weighted by molar-refractivity contribution is 7.89. The number of nitrogens with one attached hydrogen (secondary N) is 2. The fourth-order valence-electron chi connectivity index (χ4n) is 3.68. The van der Waals surface area contributed by atoms with Crippen LogP contribution in [0.4, 0.5) is 0 Å². The van der Waals surface area contributed by atoms with Crippen molar-refractivity contribution in [2.75, 3.05) is 7.11 Å². The van der Waals surface area contributed by atoms with Crippen LogP contribution in [-0.4, -0.2) is 32.6 Å². The fraction of sp³-hybridized carbons (Fsp3) is 0.647. The van der Waals surface area contributed by atoms with Crippen LogP contribution >= 0.6 is 0 Å². The fourth-order valence-corrected chi connectivity index (χ4v) is 5.17. The van der Waals surface area contributed by atoms with Gasteiger partial charge in [0.2, 0.25) is 10.0 Å². The molecular weight excluding hydrogens is 312 g/mol. The number of rotatable bonds is 4. The molecule has 0 spiro atoms. The average Bonchev–Trinajstić information content (AvgIpc) is 2.34. The Hall–Kier alpha value is -1.11. The number of hydrogen-bond donors (Lipinski definition) is 2. The van der Waals surface area contributed by atoms with Crippen molar-refractivity contribution < 1.29 is 13.2 Å². The number of benzene rings is 1. The summed E-state index contributed by atoms with van der Waals surface area (Å²) in [5.41, 5.74) is 0.647. The molecule has 0 saturated carbocycles. The van der Waals surface area contributed by atoms with Gasteiger partial charge in [-0.15, -0.1) is 0 Å². The van der Waals surface area contributed by atoms with Gasteiger partial charge >= 0.3 is 0 Å². The smallest absolute Gasteiger partial charge is 0.244 e. The first-order valence-electron chi connectivity index (χ1n) is 7.90. The van der Waals surface area contributed by atoms with Crippen LogP contribution in [0.5, 0.6) is 5.75 Å². The van der Waals surface area contributed by atoms with Crippen molar-refractivity contribution in [1.82, 2.24) is 10.0 Å². The molecule has 23 heavy (non-hydrogen) atoms. The summed E-state index contributed by atoms with van der Waals surface area (Å²) in [6.45, 7) is 10.3. The third-order valence-electron chi connectivity index (χ3n) is 4.12. The van der Waals surface area contributed by atoms with Gasteiger partial charge < -0.3 is 10.1 Å². The molecule has 130 valence electrons. The monoisotopic (exact) mass is 340 g/mol. The molecule has 5 nitrogen and oxygen atoms in total. The molecule has 2 N–H and O–H groups in total. The Bertz CT molecular complexity index is 665. The van der Waals surface area contributed by atoms with Crippen LogP contribution < -0.4 is 14.8 Å². The molecule has 1 saturated heterocycles. The minimum absolute atomic E-state index is 0.114. The van der Waals surface area contributed by atoms with Gasteiger partial charge in [0.15, 0.2) is 0 Å². The maximum atomic E-state index is 12.8. The van der Waals surface area contributed by atoms with Crippen LogP contribution in [0.1, 0.15) is 46.1 Å². The second kappa shape index (κ2) is 6.07. The van der Waals surface area contributed by atoms with E-state index in [0.717, 1.165) is 18.4 Å². The molecule has 2 rings (SSSR count). The number of methoxy groups -OCH3 is 1. The quantitative estimate of drug-likeness (QED) is 0.884. The highest BCUT2D eigenvalue weighted by Crippen LogP contribution is 2.31. The van der Waals surface area contributed by atoms with Crippen molar-refractivity contribution in [2.24, 2.45) is 0 Å². The lowest BCUT2D eigenvalue weighted by molar-refractivity contribution is 0.157. The zero-order valence-electron chi connectivity index (χ0n) is 14.9. The van der Waals surface area contributed by atoms with Crippen LogP contribution in [0.3, 0.4) is 0 Å². The van der Waals surface area contributed by atoms with E-state index in [4.69, 9.17) is 4.74 Å². The first-order chi connectivity index (χ1) is 10.4. The first-order valence-corrected chi connectivity index (χ1v) is 9.39. The molecule has 1 fully saturated rings. The highest BCUT2D eigenvalue weighted by atomic mass is 32.2. The third-order valence-corrected chi connectivity index (χ3v) is 5.66. The predicted molar refractivity (Wildman–Crippen MR) is 92.4 cm³/mol. The summed E-state index contributed by atoms with van der Waals surface area (Å²) >= 11 is 0. The summed E-state index contributed by atoms with van der Waals surface area (Å²) in [7, 11) is -2.14. The Kier molecular flexibility index (Phi) is 4.81. The van der Waals surface area contributed by atoms with Gasteiger partial charge in [-0.25, -0.2) is 13.1 Å². The summed E-state index contributed by atoms with van der Waals surface area (Å²) in [6.07, 6.45) is 1.48. The van der Waals surface area contributed by atoms with Gasteiger partial charge in [-0.2, -0.15) is 0 Å². The van der Waals surface area contributed by atoms with Crippen molar-refractivity contribution in [3.05, 3.63) is 23.8 Å². The Morgan fingerprint density at radius 2 is 1.74 bits per heavy atom. The average molecular weight is 340 g/mol. The van der Waals surface area contributed by atoms with Gasteiger partial charge in [0.05, 0.1) is 7.11 Å². The van der Waals surface area contributed by atoms with Crippen molar-refractivity contribution in [3.8, 4) is 5.75 Å². The van der Waals surface area contributed by atoms with Gasteiger partial charge in [-0.3, -0.25) is 0 Å². The Balaban J connectivity index is 2.30. The van der Waals surface area contributed by atoms with Crippen molar-refractivity contribution in [2.45, 2.75) is 69.5 Å². The Labute approximate surface area is 139 Å².